The number of hydrogen-bond donors (Lipinski definition) is 5. The zero-order valence-corrected chi connectivity index (χ0v) is 30.6. The van der Waals surface area contributed by atoms with Crippen molar-refractivity contribution in [2.45, 2.75) is 76.8 Å². The fourth-order valence-electron chi connectivity index (χ4n) is 8.78. The summed E-state index contributed by atoms with van der Waals surface area (Å²) in [5, 5.41) is 25.4. The van der Waals surface area contributed by atoms with Gasteiger partial charge in [-0.25, -0.2) is 9.78 Å². The van der Waals surface area contributed by atoms with Gasteiger partial charge in [-0.1, -0.05) is 19.3 Å². The maximum absolute atomic E-state index is 13.4. The molecule has 286 valence electrons. The van der Waals surface area contributed by atoms with Crippen LogP contribution in [0.2, 0.25) is 0 Å². The Kier molecular flexibility index (Phi) is 10.1. The number of phenolic OH excluding ortho intramolecular Hbond substituents is 1. The fourth-order valence-corrected chi connectivity index (χ4v) is 8.78. The van der Waals surface area contributed by atoms with Crippen LogP contribution in [0.1, 0.15) is 73.3 Å². The Bertz CT molecular complexity index is 2070. The van der Waals surface area contributed by atoms with E-state index in [2.05, 4.69) is 20.0 Å². The summed E-state index contributed by atoms with van der Waals surface area (Å²) in [5.41, 5.74) is 16.5. The molecule has 1 amide bonds. The van der Waals surface area contributed by atoms with Crippen LogP contribution in [0.3, 0.4) is 0 Å². The maximum Gasteiger partial charge on any atom is 0.340 e. The number of likely N-dealkylation sites (tertiary alicyclic amines) is 1. The van der Waals surface area contributed by atoms with Gasteiger partial charge in [-0.2, -0.15) is 0 Å². The van der Waals surface area contributed by atoms with Crippen LogP contribution >= 0.6 is 0 Å². The van der Waals surface area contributed by atoms with Gasteiger partial charge < -0.3 is 46.1 Å². The monoisotopic (exact) mass is 738 g/mol. The molecule has 14 nitrogen and oxygen atoms in total. The van der Waals surface area contributed by atoms with Gasteiger partial charge in [-0.05, 0) is 68.0 Å². The lowest BCUT2D eigenvalue weighted by Gasteiger charge is -2.39. The number of aromatic nitrogens is 2. The van der Waals surface area contributed by atoms with Gasteiger partial charge in [0.15, 0.2) is 6.10 Å². The van der Waals surface area contributed by atoms with Gasteiger partial charge in [0.25, 0.3) is 11.5 Å². The van der Waals surface area contributed by atoms with Crippen LogP contribution in [0, 0.1) is 5.92 Å². The lowest BCUT2D eigenvalue weighted by atomic mass is 9.95. The smallest absolute Gasteiger partial charge is 0.340 e. The zero-order chi connectivity index (χ0) is 37.5. The number of benzene rings is 1. The lowest BCUT2D eigenvalue weighted by Crippen LogP contribution is -2.48. The Morgan fingerprint density at radius 1 is 0.963 bits per heavy atom. The highest BCUT2D eigenvalue weighted by molar-refractivity contribution is 5.93. The van der Waals surface area contributed by atoms with Crippen LogP contribution in [0.25, 0.3) is 22.3 Å². The van der Waals surface area contributed by atoms with Crippen molar-refractivity contribution >= 4 is 22.8 Å². The molecule has 0 spiro atoms. The Morgan fingerprint density at radius 2 is 1.70 bits per heavy atom. The van der Waals surface area contributed by atoms with E-state index in [1.807, 2.05) is 6.07 Å². The maximum atomic E-state index is 13.4. The minimum atomic E-state index is -1.50. The molecule has 1 aliphatic carbocycles. The van der Waals surface area contributed by atoms with Crippen molar-refractivity contribution in [2.24, 2.45) is 17.4 Å². The quantitative estimate of drug-likeness (QED) is 0.101. The largest absolute Gasteiger partial charge is 0.508 e. The molecule has 2 aromatic heterocycles. The average Bonchev–Trinajstić information content (AvgIpc) is 3.55. The number of aliphatic hydroxyl groups is 1. The number of phenols is 1. The van der Waals surface area contributed by atoms with Gasteiger partial charge in [0.1, 0.15) is 12.4 Å². The number of aromatic hydroxyl groups is 1. The molecular formula is C40H50N8O6. The number of carbonyl (C=O) groups excluding carboxylic acids is 2. The number of amides is 1. The number of pyridine rings is 2. The molecule has 0 bridgehead atoms. The standard InChI is InChI=1S/C40H50N8O6/c41-31(38(51)43-26-4-2-1-3-5-26)6-9-35(42)47-12-10-24(11-13-47)20-45-14-16-46(17-15-45)22-29-27-18-25-21-48-33(36(25)44-32(27)7-8-34(29)49)19-28-30(39(48)52)23-54-40(53)37(28)50/h6-9,18-19,24,26,37,49-50H,1-5,10-17,20-23,41-42H2,(H,43,51)/b31-6-,35-9+. The second kappa shape index (κ2) is 15.1. The summed E-state index contributed by atoms with van der Waals surface area (Å²) < 4.78 is 6.63. The number of allylic oxidation sites excluding steroid dienone is 2. The zero-order valence-electron chi connectivity index (χ0n) is 30.6. The van der Waals surface area contributed by atoms with E-state index < -0.39 is 12.1 Å². The first kappa shape index (κ1) is 36.1. The van der Waals surface area contributed by atoms with Crippen molar-refractivity contribution in [1.29, 1.82) is 0 Å². The third-order valence-electron chi connectivity index (χ3n) is 12.0. The molecule has 3 aromatic rings. The topological polar surface area (TPSA) is 193 Å². The molecule has 5 aliphatic rings. The van der Waals surface area contributed by atoms with Gasteiger partial charge >= 0.3 is 5.97 Å². The molecule has 14 heteroatoms. The Morgan fingerprint density at radius 3 is 2.46 bits per heavy atom. The Hall–Kier alpha value is -4.92. The molecule has 0 radical (unpaired) electrons. The number of cyclic esters (lactones) is 1. The molecule has 54 heavy (non-hydrogen) atoms. The number of rotatable bonds is 8. The van der Waals surface area contributed by atoms with Gasteiger partial charge in [0.2, 0.25) is 0 Å². The summed E-state index contributed by atoms with van der Waals surface area (Å²) in [6, 6.07) is 7.37. The molecule has 3 fully saturated rings. The predicted molar refractivity (Wildman–Crippen MR) is 203 cm³/mol. The van der Waals surface area contributed by atoms with Crippen molar-refractivity contribution in [3.05, 3.63) is 80.5 Å². The van der Waals surface area contributed by atoms with Crippen LogP contribution in [0.15, 0.2) is 52.7 Å². The van der Waals surface area contributed by atoms with E-state index in [1.54, 1.807) is 34.9 Å². The van der Waals surface area contributed by atoms with E-state index >= 15 is 0 Å². The lowest BCUT2D eigenvalue weighted by molar-refractivity contribution is -0.157. The van der Waals surface area contributed by atoms with E-state index in [0.29, 0.717) is 41.7 Å². The van der Waals surface area contributed by atoms with Crippen LogP contribution in [-0.2, 0) is 34.0 Å². The van der Waals surface area contributed by atoms with Gasteiger partial charge in [0, 0.05) is 80.5 Å². The normalized spacial score (nSPS) is 21.8. The minimum Gasteiger partial charge on any atom is -0.508 e. The van der Waals surface area contributed by atoms with Crippen LogP contribution in [0.5, 0.6) is 5.75 Å². The molecule has 7 N–H and O–H groups in total. The summed E-state index contributed by atoms with van der Waals surface area (Å²) in [6.45, 7) is 7.13. The number of aliphatic hydroxyl groups excluding tert-OH is 1. The highest BCUT2D eigenvalue weighted by Crippen LogP contribution is 2.37. The average molecular weight is 739 g/mol. The number of hydrogen-bond acceptors (Lipinski definition) is 12. The fraction of sp³-hybridized carbons (Fsp3) is 0.500. The number of nitrogens with two attached hydrogens (primary N) is 2. The SMILES string of the molecule is N/C(=C\C=C(/N)N1CCC(CN2CCN(Cc3c(O)ccc4nc5c(cc34)Cn3c-5cc4c(c3=O)COC(=O)C4O)CC2)CC1)C(=O)NC1CCCCC1. The highest BCUT2D eigenvalue weighted by atomic mass is 16.5. The minimum absolute atomic E-state index is 0.162. The summed E-state index contributed by atoms with van der Waals surface area (Å²) >= 11 is 0. The van der Waals surface area contributed by atoms with E-state index in [9.17, 15) is 24.6 Å². The Labute approximate surface area is 314 Å². The number of fused-ring (bicyclic) bond motifs is 5. The second-order valence-corrected chi connectivity index (χ2v) is 15.5. The van der Waals surface area contributed by atoms with E-state index in [1.165, 1.54) is 6.42 Å². The first-order valence-electron chi connectivity index (χ1n) is 19.3. The third-order valence-corrected chi connectivity index (χ3v) is 12.0. The number of carbonyl (C=O) groups is 2. The van der Waals surface area contributed by atoms with Crippen molar-refractivity contribution < 1.29 is 24.5 Å². The second-order valence-electron chi connectivity index (χ2n) is 15.5. The predicted octanol–water partition coefficient (Wildman–Crippen LogP) is 2.14. The first-order chi connectivity index (χ1) is 26.1. The number of esters is 1. The van der Waals surface area contributed by atoms with Crippen LogP contribution in [0.4, 0.5) is 0 Å². The molecule has 8 rings (SSSR count). The van der Waals surface area contributed by atoms with Gasteiger partial charge in [-0.15, -0.1) is 0 Å². The molecule has 2 saturated heterocycles. The van der Waals surface area contributed by atoms with E-state index in [-0.39, 0.29) is 46.7 Å². The van der Waals surface area contributed by atoms with Crippen LogP contribution < -0.4 is 22.3 Å². The molecule has 1 atom stereocenters. The van der Waals surface area contributed by atoms with Crippen LogP contribution in [-0.4, -0.2) is 98.2 Å². The highest BCUT2D eigenvalue weighted by Gasteiger charge is 2.34. The Balaban J connectivity index is 0.850. The number of ether oxygens (including phenoxy) is 1. The molecule has 1 unspecified atom stereocenters. The van der Waals surface area contributed by atoms with Crippen molar-refractivity contribution in [1.82, 2.24) is 29.6 Å². The molecule has 1 saturated carbocycles. The number of nitrogens with one attached hydrogen (secondary N) is 1. The number of piperidine rings is 1. The number of nitrogens with zero attached hydrogens (tertiary/aromatic N) is 5. The molecule has 1 aromatic carbocycles. The first-order valence-corrected chi connectivity index (χ1v) is 19.3. The summed E-state index contributed by atoms with van der Waals surface area (Å²) in [4.78, 5) is 49.9. The summed E-state index contributed by atoms with van der Waals surface area (Å²) in [6.07, 6.45) is 9.52. The van der Waals surface area contributed by atoms with Crippen molar-refractivity contribution in [3.63, 3.8) is 0 Å². The van der Waals surface area contributed by atoms with Crippen molar-refractivity contribution in [3.8, 4) is 17.1 Å². The third kappa shape index (κ3) is 7.17. The summed E-state index contributed by atoms with van der Waals surface area (Å²) in [7, 11) is 0. The van der Waals surface area contributed by atoms with Crippen molar-refractivity contribution in [2.75, 3.05) is 45.8 Å². The van der Waals surface area contributed by atoms with Gasteiger partial charge in [-0.3, -0.25) is 14.5 Å². The van der Waals surface area contributed by atoms with Gasteiger partial charge in [0.05, 0.1) is 40.5 Å². The van der Waals surface area contributed by atoms with E-state index in [0.717, 1.165) is 101 Å². The molecule has 6 heterocycles. The van der Waals surface area contributed by atoms with E-state index in [4.69, 9.17) is 21.2 Å². The summed E-state index contributed by atoms with van der Waals surface area (Å²) in [5.74, 6) is 0.450. The molecular weight excluding hydrogens is 688 g/mol. The molecule has 4 aliphatic heterocycles. The number of piperazine rings is 1.